The molecular formula is C11H13N3O2. The molecule has 1 aliphatic rings. The molecule has 16 heavy (non-hydrogen) atoms. The summed E-state index contributed by atoms with van der Waals surface area (Å²) in [6.07, 6.45) is 4.72. The number of amides is 1. The van der Waals surface area contributed by atoms with Crippen LogP contribution in [0.15, 0.2) is 6.20 Å². The van der Waals surface area contributed by atoms with E-state index in [9.17, 15) is 9.59 Å². The van der Waals surface area contributed by atoms with Crippen LogP contribution in [-0.4, -0.2) is 21.7 Å². The third-order valence-electron chi connectivity index (χ3n) is 2.62. The number of Topliss-reactive ketones (excluding diaryl/α,β-unsaturated/α-hetero) is 1. The average molecular weight is 219 g/mol. The normalized spacial score (nSPS) is 15.4. The fourth-order valence-corrected chi connectivity index (χ4v) is 1.84. The summed E-state index contributed by atoms with van der Waals surface area (Å²) in [4.78, 5) is 30.6. The van der Waals surface area contributed by atoms with E-state index in [1.165, 1.54) is 6.20 Å². The Hall–Kier alpha value is -1.78. The number of aryl methyl sites for hydroxylation is 1. The lowest BCUT2D eigenvalue weighted by Gasteiger charge is -2.04. The number of nitrogens with two attached hydrogens (primary N) is 1. The number of hydrogen-bond acceptors (Lipinski definition) is 4. The fraction of sp³-hybridized carbons (Fsp3) is 0.455. The first-order chi connectivity index (χ1) is 7.66. The Morgan fingerprint density at radius 1 is 1.38 bits per heavy atom. The van der Waals surface area contributed by atoms with Gasteiger partial charge in [-0.05, 0) is 19.3 Å². The van der Waals surface area contributed by atoms with Crippen molar-refractivity contribution in [3.8, 4) is 0 Å². The maximum atomic E-state index is 11.7. The van der Waals surface area contributed by atoms with E-state index in [1.54, 1.807) is 0 Å². The maximum absolute atomic E-state index is 11.7. The molecule has 0 saturated heterocycles. The van der Waals surface area contributed by atoms with Gasteiger partial charge in [0, 0.05) is 12.6 Å². The van der Waals surface area contributed by atoms with Gasteiger partial charge in [-0.2, -0.15) is 0 Å². The molecule has 0 bridgehead atoms. The van der Waals surface area contributed by atoms with Gasteiger partial charge in [0.05, 0.1) is 17.7 Å². The smallest absolute Gasteiger partial charge is 0.225 e. The van der Waals surface area contributed by atoms with Crippen LogP contribution in [0.5, 0.6) is 0 Å². The largest absolute Gasteiger partial charge is 0.369 e. The monoisotopic (exact) mass is 219 g/mol. The highest BCUT2D eigenvalue weighted by molar-refractivity contribution is 5.97. The summed E-state index contributed by atoms with van der Waals surface area (Å²) in [5.41, 5.74) is 6.43. The lowest BCUT2D eigenvalue weighted by Crippen LogP contribution is -2.17. The van der Waals surface area contributed by atoms with Gasteiger partial charge in [0.25, 0.3) is 0 Å². The Balaban J connectivity index is 2.33. The molecule has 1 aromatic heterocycles. The number of aromatic nitrogens is 2. The molecule has 5 nitrogen and oxygen atoms in total. The molecular weight excluding hydrogens is 206 g/mol. The summed E-state index contributed by atoms with van der Waals surface area (Å²) >= 11 is 0. The van der Waals surface area contributed by atoms with Crippen LogP contribution in [-0.2, 0) is 17.6 Å². The van der Waals surface area contributed by atoms with Crippen LogP contribution < -0.4 is 5.73 Å². The van der Waals surface area contributed by atoms with Crippen molar-refractivity contribution in [3.05, 3.63) is 23.3 Å². The average Bonchev–Trinajstić information content (AvgIpc) is 2.40. The van der Waals surface area contributed by atoms with Gasteiger partial charge in [-0.25, -0.2) is 9.97 Å². The summed E-state index contributed by atoms with van der Waals surface area (Å²) in [6.45, 7) is 0. The van der Waals surface area contributed by atoms with Gasteiger partial charge < -0.3 is 5.73 Å². The second-order valence-corrected chi connectivity index (χ2v) is 3.92. The highest BCUT2D eigenvalue weighted by atomic mass is 16.1. The molecule has 84 valence electrons. The number of hydrogen-bond donors (Lipinski definition) is 1. The van der Waals surface area contributed by atoms with Gasteiger partial charge in [0.2, 0.25) is 5.91 Å². The highest BCUT2D eigenvalue weighted by Gasteiger charge is 2.17. The SMILES string of the molecule is NC(=O)Cc1ncc2c(n1)CCCCC2=O. The molecule has 1 aliphatic carbocycles. The number of primary amides is 1. The third kappa shape index (κ3) is 2.24. The van der Waals surface area contributed by atoms with E-state index in [0.29, 0.717) is 17.8 Å². The van der Waals surface area contributed by atoms with E-state index in [4.69, 9.17) is 5.73 Å². The molecule has 0 aliphatic heterocycles. The molecule has 0 unspecified atom stereocenters. The molecule has 1 amide bonds. The van der Waals surface area contributed by atoms with Crippen LogP contribution in [0.1, 0.15) is 41.1 Å². The Morgan fingerprint density at radius 3 is 2.88 bits per heavy atom. The minimum absolute atomic E-state index is 0.0292. The first kappa shape index (κ1) is 10.7. The van der Waals surface area contributed by atoms with Crippen molar-refractivity contribution in [2.75, 3.05) is 0 Å². The molecule has 2 N–H and O–H groups in total. The number of carbonyl (C=O) groups excluding carboxylic acids is 2. The predicted molar refractivity (Wildman–Crippen MR) is 56.8 cm³/mol. The van der Waals surface area contributed by atoms with E-state index in [1.807, 2.05) is 0 Å². The Bertz CT molecular complexity index is 443. The fourth-order valence-electron chi connectivity index (χ4n) is 1.84. The van der Waals surface area contributed by atoms with E-state index in [2.05, 4.69) is 9.97 Å². The van der Waals surface area contributed by atoms with Gasteiger partial charge in [0.15, 0.2) is 5.78 Å². The van der Waals surface area contributed by atoms with Crippen molar-refractivity contribution < 1.29 is 9.59 Å². The second kappa shape index (κ2) is 4.38. The van der Waals surface area contributed by atoms with Crippen LogP contribution in [0.25, 0.3) is 0 Å². The quantitative estimate of drug-likeness (QED) is 0.730. The van der Waals surface area contributed by atoms with Gasteiger partial charge in [-0.15, -0.1) is 0 Å². The third-order valence-corrected chi connectivity index (χ3v) is 2.62. The van der Waals surface area contributed by atoms with Crippen molar-refractivity contribution in [2.45, 2.75) is 32.1 Å². The van der Waals surface area contributed by atoms with Crippen LogP contribution in [0.2, 0.25) is 0 Å². The molecule has 0 fully saturated rings. The maximum Gasteiger partial charge on any atom is 0.225 e. The molecule has 1 aromatic rings. The number of rotatable bonds is 2. The molecule has 0 aromatic carbocycles. The zero-order chi connectivity index (χ0) is 11.5. The molecule has 2 rings (SSSR count). The summed E-state index contributed by atoms with van der Waals surface area (Å²) < 4.78 is 0. The topological polar surface area (TPSA) is 85.9 Å². The first-order valence-corrected chi connectivity index (χ1v) is 5.33. The molecule has 0 atom stereocenters. The second-order valence-electron chi connectivity index (χ2n) is 3.92. The van der Waals surface area contributed by atoms with Crippen molar-refractivity contribution in [3.63, 3.8) is 0 Å². The minimum Gasteiger partial charge on any atom is -0.369 e. The summed E-state index contributed by atoms with van der Waals surface area (Å²) in [5.74, 6) is 0.0407. The first-order valence-electron chi connectivity index (χ1n) is 5.33. The predicted octanol–water partition coefficient (Wildman–Crippen LogP) is 0.413. The van der Waals surface area contributed by atoms with Gasteiger partial charge in [-0.1, -0.05) is 0 Å². The van der Waals surface area contributed by atoms with Crippen LogP contribution >= 0.6 is 0 Å². The van der Waals surface area contributed by atoms with Crippen LogP contribution in [0.4, 0.5) is 0 Å². The molecule has 5 heteroatoms. The summed E-state index contributed by atoms with van der Waals surface area (Å²) in [7, 11) is 0. The number of ketones is 1. The van der Waals surface area contributed by atoms with Crippen molar-refractivity contribution >= 4 is 11.7 Å². The Labute approximate surface area is 93.1 Å². The summed E-state index contributed by atoms with van der Waals surface area (Å²) in [5, 5.41) is 0. The Kier molecular flexibility index (Phi) is 2.94. The van der Waals surface area contributed by atoms with Gasteiger partial charge in [0.1, 0.15) is 5.82 Å². The van der Waals surface area contributed by atoms with Gasteiger partial charge >= 0.3 is 0 Å². The number of fused-ring (bicyclic) bond motifs is 1. The van der Waals surface area contributed by atoms with Crippen LogP contribution in [0, 0.1) is 0 Å². The number of carbonyl (C=O) groups is 2. The summed E-state index contributed by atoms with van der Waals surface area (Å²) in [6, 6.07) is 0. The van der Waals surface area contributed by atoms with Crippen molar-refractivity contribution in [1.29, 1.82) is 0 Å². The number of nitrogens with zero attached hydrogens (tertiary/aromatic N) is 2. The zero-order valence-electron chi connectivity index (χ0n) is 8.90. The van der Waals surface area contributed by atoms with Crippen LogP contribution in [0.3, 0.4) is 0 Å². The Morgan fingerprint density at radius 2 is 2.12 bits per heavy atom. The zero-order valence-corrected chi connectivity index (χ0v) is 8.90. The molecule has 0 saturated carbocycles. The van der Waals surface area contributed by atoms with E-state index in [0.717, 1.165) is 25.0 Å². The van der Waals surface area contributed by atoms with E-state index in [-0.39, 0.29) is 12.2 Å². The lowest BCUT2D eigenvalue weighted by molar-refractivity contribution is -0.117. The van der Waals surface area contributed by atoms with Crippen molar-refractivity contribution in [1.82, 2.24) is 9.97 Å². The minimum atomic E-state index is -0.458. The molecule has 0 radical (unpaired) electrons. The van der Waals surface area contributed by atoms with E-state index < -0.39 is 5.91 Å². The van der Waals surface area contributed by atoms with E-state index >= 15 is 0 Å². The highest BCUT2D eigenvalue weighted by Crippen LogP contribution is 2.18. The molecule has 0 spiro atoms. The van der Waals surface area contributed by atoms with Crippen molar-refractivity contribution in [2.24, 2.45) is 5.73 Å². The standard InChI is InChI=1S/C11H13N3O2/c12-10(16)5-11-13-6-7-8(14-11)3-1-2-4-9(7)15/h6H,1-5H2,(H2,12,16). The lowest BCUT2D eigenvalue weighted by atomic mass is 10.1. The van der Waals surface area contributed by atoms with Gasteiger partial charge in [-0.3, -0.25) is 9.59 Å². The molecule has 1 heterocycles.